The van der Waals surface area contributed by atoms with Crippen LogP contribution in [-0.4, -0.2) is 16.9 Å². The molecule has 0 saturated heterocycles. The molecule has 0 fully saturated rings. The third-order valence-electron chi connectivity index (χ3n) is 2.59. The number of amides is 2. The van der Waals surface area contributed by atoms with Crippen molar-refractivity contribution in [1.82, 2.24) is 16.2 Å². The van der Waals surface area contributed by atoms with Gasteiger partial charge in [0.15, 0.2) is 5.11 Å². The molecule has 2 amide bonds. The summed E-state index contributed by atoms with van der Waals surface area (Å²) in [5.74, 6) is -0.755. The maximum atomic E-state index is 11.9. The monoisotopic (exact) mass is 409 g/mol. The van der Waals surface area contributed by atoms with Gasteiger partial charge in [-0.2, -0.15) is 0 Å². The van der Waals surface area contributed by atoms with Crippen molar-refractivity contribution in [3.05, 3.63) is 62.8 Å². The van der Waals surface area contributed by atoms with E-state index in [1.165, 1.54) is 17.4 Å². The Morgan fingerprint density at radius 1 is 1.13 bits per heavy atom. The summed E-state index contributed by atoms with van der Waals surface area (Å²) in [6, 6.07) is 10.7. The zero-order valence-electron chi connectivity index (χ0n) is 11.7. The van der Waals surface area contributed by atoms with Crippen LogP contribution in [0.3, 0.4) is 0 Å². The molecule has 0 bridgehead atoms. The van der Waals surface area contributed by atoms with Gasteiger partial charge in [0.25, 0.3) is 5.91 Å². The van der Waals surface area contributed by atoms with E-state index in [1.54, 1.807) is 30.3 Å². The topological polar surface area (TPSA) is 70.2 Å². The van der Waals surface area contributed by atoms with Gasteiger partial charge in [0, 0.05) is 15.4 Å². The molecule has 0 spiro atoms. The number of hydrazine groups is 1. The molecule has 1 aromatic carbocycles. The fraction of sp³-hybridized carbons (Fsp3) is 0. The molecule has 0 radical (unpaired) electrons. The lowest BCUT2D eigenvalue weighted by atomic mass is 10.2. The quantitative estimate of drug-likeness (QED) is 0.414. The number of rotatable bonds is 3. The summed E-state index contributed by atoms with van der Waals surface area (Å²) in [5.41, 5.74) is 5.35. The summed E-state index contributed by atoms with van der Waals surface area (Å²) in [5, 5.41) is 4.36. The standard InChI is InChI=1S/C15H12BrN3O2S2/c16-12-6-2-1-5-11(12)14(21)18-19-15(22)17-13(20)8-7-10-4-3-9-23-10/h1-9H,(H,18,21)(H2,17,19,20,22)/b8-7+. The first-order valence-electron chi connectivity index (χ1n) is 6.43. The molecule has 0 aliphatic heterocycles. The fourth-order valence-corrected chi connectivity index (χ4v) is 2.79. The molecule has 0 saturated carbocycles. The molecule has 2 aromatic rings. The average Bonchev–Trinajstić information content (AvgIpc) is 3.04. The van der Waals surface area contributed by atoms with E-state index in [0.29, 0.717) is 10.0 Å². The molecular weight excluding hydrogens is 398 g/mol. The number of benzene rings is 1. The van der Waals surface area contributed by atoms with Gasteiger partial charge in [-0.05, 0) is 57.8 Å². The highest BCUT2D eigenvalue weighted by Gasteiger charge is 2.09. The number of hydrogen-bond donors (Lipinski definition) is 3. The lowest BCUT2D eigenvalue weighted by Crippen LogP contribution is -2.48. The average molecular weight is 410 g/mol. The van der Waals surface area contributed by atoms with Gasteiger partial charge in [-0.15, -0.1) is 11.3 Å². The Kier molecular flexibility index (Phi) is 6.45. The van der Waals surface area contributed by atoms with Gasteiger partial charge in [-0.3, -0.25) is 25.8 Å². The number of hydrogen-bond acceptors (Lipinski definition) is 4. The van der Waals surface area contributed by atoms with Gasteiger partial charge in [0.2, 0.25) is 5.91 Å². The van der Waals surface area contributed by atoms with Crippen molar-refractivity contribution >= 4 is 62.5 Å². The van der Waals surface area contributed by atoms with E-state index in [4.69, 9.17) is 12.2 Å². The third-order valence-corrected chi connectivity index (χ3v) is 4.32. The van der Waals surface area contributed by atoms with Crippen LogP contribution < -0.4 is 16.2 Å². The Hall–Kier alpha value is -2.03. The normalized spacial score (nSPS) is 10.3. The van der Waals surface area contributed by atoms with Crippen LogP contribution >= 0.6 is 39.5 Å². The zero-order valence-corrected chi connectivity index (χ0v) is 14.9. The number of carbonyl (C=O) groups is 2. The Bertz CT molecular complexity index is 745. The van der Waals surface area contributed by atoms with Crippen LogP contribution in [0.2, 0.25) is 0 Å². The molecule has 5 nitrogen and oxygen atoms in total. The summed E-state index contributed by atoms with van der Waals surface area (Å²) < 4.78 is 0.660. The van der Waals surface area contributed by atoms with Gasteiger partial charge >= 0.3 is 0 Å². The summed E-state index contributed by atoms with van der Waals surface area (Å²) >= 11 is 9.75. The van der Waals surface area contributed by atoms with Crippen molar-refractivity contribution < 1.29 is 9.59 Å². The number of carbonyl (C=O) groups excluding carboxylic acids is 2. The minimum absolute atomic E-state index is 0.00577. The van der Waals surface area contributed by atoms with E-state index in [1.807, 2.05) is 17.5 Å². The minimum Gasteiger partial charge on any atom is -0.298 e. The maximum absolute atomic E-state index is 11.9. The van der Waals surface area contributed by atoms with Crippen LogP contribution in [0, 0.1) is 0 Å². The Morgan fingerprint density at radius 3 is 2.61 bits per heavy atom. The SMILES string of the molecule is O=C(/C=C/c1cccs1)NC(=S)NNC(=O)c1ccccc1Br. The van der Waals surface area contributed by atoms with E-state index in [9.17, 15) is 9.59 Å². The predicted molar refractivity (Wildman–Crippen MR) is 98.8 cm³/mol. The van der Waals surface area contributed by atoms with E-state index in [-0.39, 0.29) is 16.9 Å². The first-order chi connectivity index (χ1) is 11.1. The van der Waals surface area contributed by atoms with Gasteiger partial charge in [0.1, 0.15) is 0 Å². The molecule has 23 heavy (non-hydrogen) atoms. The molecule has 1 aromatic heterocycles. The number of halogens is 1. The fourth-order valence-electron chi connectivity index (χ4n) is 1.55. The van der Waals surface area contributed by atoms with E-state index in [0.717, 1.165) is 4.88 Å². The first-order valence-corrected chi connectivity index (χ1v) is 8.52. The molecule has 0 unspecified atom stereocenters. The van der Waals surface area contributed by atoms with E-state index in [2.05, 4.69) is 32.1 Å². The largest absolute Gasteiger partial charge is 0.298 e. The smallest absolute Gasteiger partial charge is 0.270 e. The van der Waals surface area contributed by atoms with Crippen molar-refractivity contribution in [2.75, 3.05) is 0 Å². The lowest BCUT2D eigenvalue weighted by molar-refractivity contribution is -0.115. The van der Waals surface area contributed by atoms with Crippen molar-refractivity contribution in [1.29, 1.82) is 0 Å². The second-order valence-corrected chi connectivity index (χ2v) is 6.47. The Labute approximate surface area is 150 Å². The van der Waals surface area contributed by atoms with Crippen molar-refractivity contribution in [3.8, 4) is 0 Å². The van der Waals surface area contributed by atoms with Crippen LogP contribution in [0.25, 0.3) is 6.08 Å². The van der Waals surface area contributed by atoms with Crippen LogP contribution in [0.5, 0.6) is 0 Å². The molecular formula is C15H12BrN3O2S2. The van der Waals surface area contributed by atoms with Crippen LogP contribution in [0.15, 0.2) is 52.3 Å². The molecule has 0 atom stereocenters. The zero-order chi connectivity index (χ0) is 16.7. The molecule has 2 rings (SSSR count). The highest BCUT2D eigenvalue weighted by molar-refractivity contribution is 9.10. The molecule has 0 aliphatic rings. The molecule has 0 aliphatic carbocycles. The second kappa shape index (κ2) is 8.56. The van der Waals surface area contributed by atoms with Gasteiger partial charge in [-0.25, -0.2) is 0 Å². The highest BCUT2D eigenvalue weighted by Crippen LogP contribution is 2.15. The van der Waals surface area contributed by atoms with Crippen molar-refractivity contribution in [3.63, 3.8) is 0 Å². The van der Waals surface area contributed by atoms with Crippen molar-refractivity contribution in [2.45, 2.75) is 0 Å². The summed E-state index contributed by atoms with van der Waals surface area (Å²) in [4.78, 5) is 24.6. The van der Waals surface area contributed by atoms with E-state index >= 15 is 0 Å². The molecule has 118 valence electrons. The van der Waals surface area contributed by atoms with Crippen LogP contribution in [-0.2, 0) is 4.79 Å². The first kappa shape index (κ1) is 17.3. The minimum atomic E-state index is -0.383. The van der Waals surface area contributed by atoms with Crippen molar-refractivity contribution in [2.24, 2.45) is 0 Å². The van der Waals surface area contributed by atoms with Gasteiger partial charge in [-0.1, -0.05) is 18.2 Å². The van der Waals surface area contributed by atoms with Crippen LogP contribution in [0.4, 0.5) is 0 Å². The molecule has 8 heteroatoms. The van der Waals surface area contributed by atoms with Gasteiger partial charge in [0.05, 0.1) is 5.56 Å². The van der Waals surface area contributed by atoms with Crippen LogP contribution in [0.1, 0.15) is 15.2 Å². The number of thiophene rings is 1. The summed E-state index contributed by atoms with van der Waals surface area (Å²) in [6.07, 6.45) is 3.05. The van der Waals surface area contributed by atoms with E-state index < -0.39 is 0 Å². The summed E-state index contributed by atoms with van der Waals surface area (Å²) in [6.45, 7) is 0. The molecule has 3 N–H and O–H groups in total. The second-order valence-electron chi connectivity index (χ2n) is 4.23. The Balaban J connectivity index is 1.80. The summed E-state index contributed by atoms with van der Waals surface area (Å²) in [7, 11) is 0. The third kappa shape index (κ3) is 5.59. The number of thiocarbonyl (C=S) groups is 1. The highest BCUT2D eigenvalue weighted by atomic mass is 79.9. The molecule has 1 heterocycles. The predicted octanol–water partition coefficient (Wildman–Crippen LogP) is 2.86. The number of nitrogens with one attached hydrogen (secondary N) is 3. The lowest BCUT2D eigenvalue weighted by Gasteiger charge is -2.10. The Morgan fingerprint density at radius 2 is 1.91 bits per heavy atom. The maximum Gasteiger partial charge on any atom is 0.270 e. The van der Waals surface area contributed by atoms with Gasteiger partial charge < -0.3 is 0 Å².